The topological polar surface area (TPSA) is 30.5 Å². The van der Waals surface area contributed by atoms with Gasteiger partial charge >= 0.3 is 0 Å². The van der Waals surface area contributed by atoms with Gasteiger partial charge in [-0.2, -0.15) is 0 Å². The number of hydrogen-bond donors (Lipinski definition) is 1. The number of halogens is 1. The molecular weight excluding hydrogens is 209 g/mol. The monoisotopic (exact) mass is 227 g/mol. The normalized spacial score (nSPS) is 12.5. The maximum Gasteiger partial charge on any atom is 0.127 e. The molecule has 90 valence electrons. The van der Waals surface area contributed by atoms with Gasteiger partial charge in [-0.3, -0.25) is 0 Å². The van der Waals surface area contributed by atoms with Crippen molar-refractivity contribution < 1.29 is 13.9 Å². The number of rotatable bonds is 6. The second-order valence-corrected chi connectivity index (χ2v) is 3.68. The molecule has 0 aromatic heterocycles. The summed E-state index contributed by atoms with van der Waals surface area (Å²) in [6.07, 6.45) is -0.00369. The fraction of sp³-hybridized carbons (Fsp3) is 0.500. The molecule has 0 radical (unpaired) electrons. The molecule has 0 fully saturated rings. The van der Waals surface area contributed by atoms with Gasteiger partial charge in [0.05, 0.1) is 6.10 Å². The van der Waals surface area contributed by atoms with Crippen LogP contribution in [0.25, 0.3) is 0 Å². The molecule has 0 heterocycles. The van der Waals surface area contributed by atoms with Gasteiger partial charge in [0, 0.05) is 19.7 Å². The summed E-state index contributed by atoms with van der Waals surface area (Å²) in [5.41, 5.74) is 0.863. The summed E-state index contributed by atoms with van der Waals surface area (Å²) < 4.78 is 23.7. The van der Waals surface area contributed by atoms with Crippen LogP contribution in [0.15, 0.2) is 18.2 Å². The fourth-order valence-electron chi connectivity index (χ4n) is 1.29. The summed E-state index contributed by atoms with van der Waals surface area (Å²) in [7, 11) is 3.43. The molecule has 1 aromatic rings. The van der Waals surface area contributed by atoms with Gasteiger partial charge < -0.3 is 14.8 Å². The van der Waals surface area contributed by atoms with Gasteiger partial charge in [0.25, 0.3) is 0 Å². The van der Waals surface area contributed by atoms with E-state index in [0.29, 0.717) is 18.9 Å². The van der Waals surface area contributed by atoms with Crippen molar-refractivity contribution in [2.24, 2.45) is 0 Å². The Morgan fingerprint density at radius 1 is 1.38 bits per heavy atom. The molecule has 3 nitrogen and oxygen atoms in total. The molecule has 16 heavy (non-hydrogen) atoms. The molecule has 0 bridgehead atoms. The van der Waals surface area contributed by atoms with E-state index >= 15 is 0 Å². The Morgan fingerprint density at radius 3 is 2.75 bits per heavy atom. The minimum absolute atomic E-state index is 0.00369. The Labute approximate surface area is 95.6 Å². The van der Waals surface area contributed by atoms with E-state index in [1.54, 1.807) is 7.11 Å². The van der Waals surface area contributed by atoms with Crippen LogP contribution in [-0.2, 0) is 11.3 Å². The highest BCUT2D eigenvalue weighted by Gasteiger charge is 2.04. The summed E-state index contributed by atoms with van der Waals surface area (Å²) >= 11 is 0. The molecule has 0 aliphatic carbocycles. The fourth-order valence-corrected chi connectivity index (χ4v) is 1.29. The predicted molar refractivity (Wildman–Crippen MR) is 61.1 cm³/mol. The van der Waals surface area contributed by atoms with Crippen LogP contribution < -0.4 is 10.1 Å². The first-order chi connectivity index (χ1) is 7.65. The third-order valence-electron chi connectivity index (χ3n) is 2.20. The molecule has 0 spiro atoms. The molecule has 1 atom stereocenters. The molecule has 0 aliphatic rings. The first kappa shape index (κ1) is 12.9. The number of hydrogen-bond acceptors (Lipinski definition) is 3. The van der Waals surface area contributed by atoms with E-state index in [4.69, 9.17) is 9.47 Å². The minimum Gasteiger partial charge on any atom is -0.491 e. The van der Waals surface area contributed by atoms with Crippen LogP contribution in [0.1, 0.15) is 12.5 Å². The third kappa shape index (κ3) is 4.16. The average molecular weight is 227 g/mol. The van der Waals surface area contributed by atoms with Gasteiger partial charge in [-0.15, -0.1) is 0 Å². The van der Waals surface area contributed by atoms with Crippen molar-refractivity contribution in [3.63, 3.8) is 0 Å². The lowest BCUT2D eigenvalue weighted by atomic mass is 10.2. The van der Waals surface area contributed by atoms with Crippen molar-refractivity contribution >= 4 is 0 Å². The SMILES string of the molecule is CNCc1cc(F)cc(OCC(C)OC)c1. The first-order valence-electron chi connectivity index (χ1n) is 5.25. The van der Waals surface area contributed by atoms with Crippen molar-refractivity contribution in [3.05, 3.63) is 29.6 Å². The van der Waals surface area contributed by atoms with Crippen molar-refractivity contribution in [1.29, 1.82) is 0 Å². The Hall–Kier alpha value is -1.13. The summed E-state index contributed by atoms with van der Waals surface area (Å²) in [6, 6.07) is 4.69. The summed E-state index contributed by atoms with van der Waals surface area (Å²) in [4.78, 5) is 0. The largest absolute Gasteiger partial charge is 0.491 e. The molecule has 0 amide bonds. The molecule has 1 aromatic carbocycles. The lowest BCUT2D eigenvalue weighted by molar-refractivity contribution is 0.0715. The second-order valence-electron chi connectivity index (χ2n) is 3.68. The van der Waals surface area contributed by atoms with Gasteiger partial charge in [-0.25, -0.2) is 4.39 Å². The lowest BCUT2D eigenvalue weighted by Gasteiger charge is -2.12. The molecule has 1 rings (SSSR count). The van der Waals surface area contributed by atoms with Crippen molar-refractivity contribution in [1.82, 2.24) is 5.32 Å². The van der Waals surface area contributed by atoms with Crippen LogP contribution in [0.3, 0.4) is 0 Å². The zero-order valence-corrected chi connectivity index (χ0v) is 9.92. The average Bonchev–Trinajstić information content (AvgIpc) is 2.25. The molecule has 1 unspecified atom stereocenters. The molecule has 4 heteroatoms. The summed E-state index contributed by atoms with van der Waals surface area (Å²) in [6.45, 7) is 2.93. The van der Waals surface area contributed by atoms with Crippen LogP contribution in [-0.4, -0.2) is 26.9 Å². The minimum atomic E-state index is -0.284. The highest BCUT2D eigenvalue weighted by Crippen LogP contribution is 2.16. The van der Waals surface area contributed by atoms with Crippen molar-refractivity contribution in [2.75, 3.05) is 20.8 Å². The van der Waals surface area contributed by atoms with Crippen LogP contribution >= 0.6 is 0 Å². The van der Waals surface area contributed by atoms with E-state index in [-0.39, 0.29) is 11.9 Å². The van der Waals surface area contributed by atoms with Crippen molar-refractivity contribution in [2.45, 2.75) is 19.6 Å². The van der Waals surface area contributed by atoms with Gasteiger partial charge in [0.2, 0.25) is 0 Å². The Kier molecular flexibility index (Phi) is 5.22. The number of benzene rings is 1. The van der Waals surface area contributed by atoms with Gasteiger partial charge in [0.15, 0.2) is 0 Å². The lowest BCUT2D eigenvalue weighted by Crippen LogP contribution is -2.16. The van der Waals surface area contributed by atoms with Crippen LogP contribution in [0, 0.1) is 5.82 Å². The number of methoxy groups -OCH3 is 1. The maximum absolute atomic E-state index is 13.2. The van der Waals surface area contributed by atoms with Gasteiger partial charge in [0.1, 0.15) is 18.2 Å². The van der Waals surface area contributed by atoms with Gasteiger partial charge in [-0.05, 0) is 31.7 Å². The van der Waals surface area contributed by atoms with Crippen molar-refractivity contribution in [3.8, 4) is 5.75 Å². The van der Waals surface area contributed by atoms with Crippen LogP contribution in [0.5, 0.6) is 5.75 Å². The molecule has 1 N–H and O–H groups in total. The number of ether oxygens (including phenoxy) is 2. The summed E-state index contributed by atoms with van der Waals surface area (Å²) in [5.74, 6) is 0.252. The van der Waals surface area contributed by atoms with Crippen LogP contribution in [0.2, 0.25) is 0 Å². The maximum atomic E-state index is 13.2. The zero-order chi connectivity index (χ0) is 12.0. The number of nitrogens with one attached hydrogen (secondary N) is 1. The standard InChI is InChI=1S/C12H18FNO2/c1-9(15-3)8-16-12-5-10(7-14-2)4-11(13)6-12/h4-6,9,14H,7-8H2,1-3H3. The third-order valence-corrected chi connectivity index (χ3v) is 2.20. The Bertz CT molecular complexity index is 331. The highest BCUT2D eigenvalue weighted by molar-refractivity contribution is 5.29. The van der Waals surface area contributed by atoms with E-state index in [9.17, 15) is 4.39 Å². The highest BCUT2D eigenvalue weighted by atomic mass is 19.1. The van der Waals surface area contributed by atoms with Gasteiger partial charge in [-0.1, -0.05) is 0 Å². The molecule has 0 saturated heterocycles. The van der Waals surface area contributed by atoms with E-state index in [1.807, 2.05) is 20.0 Å². The Morgan fingerprint density at radius 2 is 2.12 bits per heavy atom. The van der Waals surface area contributed by atoms with E-state index in [2.05, 4.69) is 5.32 Å². The molecule has 0 saturated carbocycles. The van der Waals surface area contributed by atoms with E-state index in [1.165, 1.54) is 12.1 Å². The summed E-state index contributed by atoms with van der Waals surface area (Å²) in [5, 5.41) is 2.97. The van der Waals surface area contributed by atoms with Crippen LogP contribution in [0.4, 0.5) is 4.39 Å². The quantitative estimate of drug-likeness (QED) is 0.805. The second kappa shape index (κ2) is 6.45. The predicted octanol–water partition coefficient (Wildman–Crippen LogP) is 1.96. The van der Waals surface area contributed by atoms with E-state index in [0.717, 1.165) is 5.56 Å². The first-order valence-corrected chi connectivity index (χ1v) is 5.25. The molecule has 0 aliphatic heterocycles. The van der Waals surface area contributed by atoms with E-state index < -0.39 is 0 Å². The smallest absolute Gasteiger partial charge is 0.127 e. The Balaban J connectivity index is 2.64. The molecular formula is C12H18FNO2. The zero-order valence-electron chi connectivity index (χ0n) is 9.92.